The number of rotatable bonds is 3. The Hall–Kier alpha value is -2.57. The summed E-state index contributed by atoms with van der Waals surface area (Å²) in [5.41, 5.74) is -0.0676. The van der Waals surface area contributed by atoms with E-state index >= 15 is 0 Å². The Balaban J connectivity index is 1.72. The highest BCUT2D eigenvalue weighted by molar-refractivity contribution is 6.04. The van der Waals surface area contributed by atoms with Crippen LogP contribution in [-0.2, 0) is 9.47 Å². The van der Waals surface area contributed by atoms with E-state index in [0.717, 1.165) is 10.8 Å². The van der Waals surface area contributed by atoms with Crippen molar-refractivity contribution in [3.05, 3.63) is 46.8 Å². The van der Waals surface area contributed by atoms with Crippen LogP contribution in [0.1, 0.15) is 0 Å². The number of aromatic hydroxyl groups is 1. The molecule has 4 rings (SSSR count). The first-order chi connectivity index (χ1) is 11.2. The van der Waals surface area contributed by atoms with Gasteiger partial charge in [0.2, 0.25) is 0 Å². The molecule has 1 aliphatic rings. The molecule has 1 aromatic heterocycles. The molecule has 0 radical (unpaired) electrons. The van der Waals surface area contributed by atoms with Gasteiger partial charge in [0.05, 0.1) is 18.6 Å². The SMILES string of the molecule is O=c1oc2cc(OCC3OCCO3)ccc2c2ccc(O)cc12. The van der Waals surface area contributed by atoms with Crippen molar-refractivity contribution < 1.29 is 23.7 Å². The predicted molar refractivity (Wildman–Crippen MR) is 82.8 cm³/mol. The molecule has 2 heterocycles. The minimum Gasteiger partial charge on any atom is -0.508 e. The van der Waals surface area contributed by atoms with Gasteiger partial charge in [-0.05, 0) is 30.3 Å². The highest BCUT2D eigenvalue weighted by Gasteiger charge is 2.17. The van der Waals surface area contributed by atoms with E-state index in [1.807, 2.05) is 6.07 Å². The standard InChI is InChI=1S/C17H14O6/c18-10-1-3-12-13-4-2-11(22-9-16-20-5-6-21-16)8-15(13)23-17(19)14(12)7-10/h1-4,7-8,16,18H,5-6,9H2. The van der Waals surface area contributed by atoms with Gasteiger partial charge in [-0.3, -0.25) is 0 Å². The van der Waals surface area contributed by atoms with Crippen LogP contribution in [0.15, 0.2) is 45.6 Å². The van der Waals surface area contributed by atoms with E-state index in [0.29, 0.717) is 29.9 Å². The summed E-state index contributed by atoms with van der Waals surface area (Å²) in [5.74, 6) is 0.596. The highest BCUT2D eigenvalue weighted by atomic mass is 16.7. The molecule has 0 spiro atoms. The molecule has 0 amide bonds. The lowest BCUT2D eigenvalue weighted by atomic mass is 10.1. The summed E-state index contributed by atoms with van der Waals surface area (Å²) in [6, 6.07) is 9.93. The van der Waals surface area contributed by atoms with Gasteiger partial charge >= 0.3 is 5.63 Å². The molecule has 23 heavy (non-hydrogen) atoms. The molecule has 0 bridgehead atoms. The molecule has 6 heteroatoms. The van der Waals surface area contributed by atoms with Crippen LogP contribution in [0.2, 0.25) is 0 Å². The fraction of sp³-hybridized carbons (Fsp3) is 0.235. The van der Waals surface area contributed by atoms with Crippen LogP contribution >= 0.6 is 0 Å². The molecule has 2 aromatic carbocycles. The first-order valence-electron chi connectivity index (χ1n) is 7.26. The molecule has 0 saturated carbocycles. The number of ether oxygens (including phenoxy) is 3. The van der Waals surface area contributed by atoms with Crippen molar-refractivity contribution in [2.75, 3.05) is 19.8 Å². The van der Waals surface area contributed by atoms with Crippen LogP contribution < -0.4 is 10.4 Å². The van der Waals surface area contributed by atoms with Gasteiger partial charge in [0.15, 0.2) is 6.29 Å². The zero-order valence-electron chi connectivity index (χ0n) is 12.2. The van der Waals surface area contributed by atoms with Crippen LogP contribution in [0, 0.1) is 0 Å². The molecule has 0 unspecified atom stereocenters. The third-order valence-corrected chi connectivity index (χ3v) is 3.75. The summed E-state index contributed by atoms with van der Waals surface area (Å²) < 4.78 is 21.6. The second kappa shape index (κ2) is 5.57. The maximum absolute atomic E-state index is 12.1. The number of hydrogen-bond donors (Lipinski definition) is 1. The smallest absolute Gasteiger partial charge is 0.344 e. The molecule has 6 nitrogen and oxygen atoms in total. The lowest BCUT2D eigenvalue weighted by Crippen LogP contribution is -2.18. The van der Waals surface area contributed by atoms with Crippen molar-refractivity contribution in [2.45, 2.75) is 6.29 Å². The molecule has 1 N–H and O–H groups in total. The van der Waals surface area contributed by atoms with Gasteiger partial charge < -0.3 is 23.7 Å². The average molecular weight is 314 g/mol. The van der Waals surface area contributed by atoms with Crippen LogP contribution in [-0.4, -0.2) is 31.2 Å². The summed E-state index contributed by atoms with van der Waals surface area (Å²) in [4.78, 5) is 12.1. The maximum atomic E-state index is 12.1. The number of benzene rings is 2. The Morgan fingerprint density at radius 3 is 2.65 bits per heavy atom. The quantitative estimate of drug-likeness (QED) is 0.591. The van der Waals surface area contributed by atoms with Gasteiger partial charge in [0, 0.05) is 16.8 Å². The molecular formula is C17H14O6. The first kappa shape index (κ1) is 14.0. The second-order valence-electron chi connectivity index (χ2n) is 5.26. The van der Waals surface area contributed by atoms with E-state index in [-0.39, 0.29) is 18.6 Å². The van der Waals surface area contributed by atoms with Gasteiger partial charge in [0.1, 0.15) is 23.7 Å². The van der Waals surface area contributed by atoms with Gasteiger partial charge in [-0.25, -0.2) is 4.79 Å². The lowest BCUT2D eigenvalue weighted by Gasteiger charge is -2.11. The van der Waals surface area contributed by atoms with Crippen molar-refractivity contribution in [3.63, 3.8) is 0 Å². The van der Waals surface area contributed by atoms with Gasteiger partial charge in [-0.1, -0.05) is 0 Å². The Labute approximate surface area is 130 Å². The summed E-state index contributed by atoms with van der Waals surface area (Å²) in [7, 11) is 0. The van der Waals surface area contributed by atoms with E-state index in [2.05, 4.69) is 0 Å². The summed E-state index contributed by atoms with van der Waals surface area (Å²) in [6.45, 7) is 1.41. The van der Waals surface area contributed by atoms with Crippen LogP contribution in [0.3, 0.4) is 0 Å². The van der Waals surface area contributed by atoms with E-state index in [4.69, 9.17) is 18.6 Å². The maximum Gasteiger partial charge on any atom is 0.344 e. The zero-order valence-corrected chi connectivity index (χ0v) is 12.2. The third-order valence-electron chi connectivity index (χ3n) is 3.75. The van der Waals surface area contributed by atoms with Crippen LogP contribution in [0.5, 0.6) is 11.5 Å². The Morgan fingerprint density at radius 1 is 1.04 bits per heavy atom. The first-order valence-corrected chi connectivity index (χ1v) is 7.26. The normalized spacial score (nSPS) is 15.5. The molecule has 0 atom stereocenters. The topological polar surface area (TPSA) is 78.1 Å². The fourth-order valence-corrected chi connectivity index (χ4v) is 2.66. The van der Waals surface area contributed by atoms with E-state index < -0.39 is 5.63 Å². The lowest BCUT2D eigenvalue weighted by molar-refractivity contribution is -0.0684. The van der Waals surface area contributed by atoms with Crippen LogP contribution in [0.25, 0.3) is 21.7 Å². The van der Waals surface area contributed by atoms with E-state index in [1.54, 1.807) is 24.3 Å². The second-order valence-corrected chi connectivity index (χ2v) is 5.26. The number of phenolic OH excluding ortho intramolecular Hbond substituents is 1. The van der Waals surface area contributed by atoms with Crippen molar-refractivity contribution in [1.29, 1.82) is 0 Å². The number of fused-ring (bicyclic) bond motifs is 3. The molecular weight excluding hydrogens is 300 g/mol. The van der Waals surface area contributed by atoms with Gasteiger partial charge in [-0.2, -0.15) is 0 Å². The van der Waals surface area contributed by atoms with Crippen molar-refractivity contribution in [1.82, 2.24) is 0 Å². The molecule has 0 aliphatic carbocycles. The minimum atomic E-state index is -0.497. The number of hydrogen-bond acceptors (Lipinski definition) is 6. The van der Waals surface area contributed by atoms with Crippen LogP contribution in [0.4, 0.5) is 0 Å². The molecule has 1 aliphatic heterocycles. The van der Waals surface area contributed by atoms with Crippen molar-refractivity contribution in [3.8, 4) is 11.5 Å². The summed E-state index contributed by atoms with van der Waals surface area (Å²) >= 11 is 0. The molecule has 118 valence electrons. The van der Waals surface area contributed by atoms with Crippen molar-refractivity contribution in [2.24, 2.45) is 0 Å². The predicted octanol–water partition coefficient (Wildman–Crippen LogP) is 2.40. The molecule has 3 aromatic rings. The van der Waals surface area contributed by atoms with E-state index in [1.165, 1.54) is 6.07 Å². The Kier molecular flexibility index (Phi) is 3.40. The molecule has 1 saturated heterocycles. The third kappa shape index (κ3) is 2.62. The molecule has 1 fully saturated rings. The largest absolute Gasteiger partial charge is 0.508 e. The average Bonchev–Trinajstić information content (AvgIpc) is 3.06. The van der Waals surface area contributed by atoms with E-state index in [9.17, 15) is 9.90 Å². The zero-order chi connectivity index (χ0) is 15.8. The Morgan fingerprint density at radius 2 is 1.83 bits per heavy atom. The fourth-order valence-electron chi connectivity index (χ4n) is 2.66. The minimum absolute atomic E-state index is 0.0284. The monoisotopic (exact) mass is 314 g/mol. The highest BCUT2D eigenvalue weighted by Crippen LogP contribution is 2.28. The van der Waals surface area contributed by atoms with Crippen molar-refractivity contribution >= 4 is 21.7 Å². The Bertz CT molecular complexity index is 923. The van der Waals surface area contributed by atoms with Gasteiger partial charge in [-0.15, -0.1) is 0 Å². The number of phenols is 1. The summed E-state index contributed by atoms with van der Waals surface area (Å²) in [6.07, 6.45) is -0.364. The van der Waals surface area contributed by atoms with Gasteiger partial charge in [0.25, 0.3) is 0 Å². The summed E-state index contributed by atoms with van der Waals surface area (Å²) in [5, 5.41) is 11.4.